The average Bonchev–Trinajstić information content (AvgIpc) is 2.55. The van der Waals surface area contributed by atoms with Crippen molar-refractivity contribution in [2.24, 2.45) is 0 Å². The Balaban J connectivity index is 2.40. The molecule has 0 heterocycles. The summed E-state index contributed by atoms with van der Waals surface area (Å²) >= 11 is 0. The van der Waals surface area contributed by atoms with Gasteiger partial charge in [-0.15, -0.1) is 0 Å². The third-order valence-corrected chi connectivity index (χ3v) is 3.90. The Morgan fingerprint density at radius 1 is 1.14 bits per heavy atom. The zero-order valence-electron chi connectivity index (χ0n) is 17.9. The molecule has 0 bridgehead atoms. The Morgan fingerprint density at radius 3 is 2.32 bits per heavy atom. The van der Waals surface area contributed by atoms with Crippen LogP contribution in [0.25, 0.3) is 0 Å². The molecular weight excluding hydrogens is 360 g/mol. The maximum Gasteiger partial charge on any atom is 0.344 e. The Kier molecular flexibility index (Phi) is 8.47. The van der Waals surface area contributed by atoms with Gasteiger partial charge in [0.1, 0.15) is 5.75 Å². The molecule has 0 fully saturated rings. The number of aryl methyl sites for hydroxylation is 1. The van der Waals surface area contributed by atoms with Crippen molar-refractivity contribution < 1.29 is 23.9 Å². The predicted molar refractivity (Wildman–Crippen MR) is 107 cm³/mol. The summed E-state index contributed by atoms with van der Waals surface area (Å²) in [5.74, 6) is -0.409. The monoisotopic (exact) mass is 392 g/mol. The molecule has 0 aliphatic rings. The molecule has 0 aliphatic heterocycles. The maximum atomic E-state index is 12.0. The summed E-state index contributed by atoms with van der Waals surface area (Å²) in [7, 11) is 1.48. The van der Waals surface area contributed by atoms with Crippen LogP contribution < -0.4 is 10.1 Å². The van der Waals surface area contributed by atoms with Crippen molar-refractivity contribution in [1.29, 1.82) is 0 Å². The Labute approximate surface area is 167 Å². The third-order valence-electron chi connectivity index (χ3n) is 3.90. The molecule has 0 aliphatic carbocycles. The lowest BCUT2D eigenvalue weighted by atomic mass is 9.98. The highest BCUT2D eigenvalue weighted by Crippen LogP contribution is 2.23. The normalized spacial score (nSPS) is 11.1. The van der Waals surface area contributed by atoms with Crippen LogP contribution in [0.4, 0.5) is 0 Å². The third kappa shape index (κ3) is 8.41. The summed E-state index contributed by atoms with van der Waals surface area (Å²) in [4.78, 5) is 36.9. The lowest BCUT2D eigenvalue weighted by Gasteiger charge is -2.23. The molecule has 2 amide bonds. The molecule has 7 heteroatoms. The quantitative estimate of drug-likeness (QED) is 0.687. The molecule has 28 heavy (non-hydrogen) atoms. The number of likely N-dealkylation sites (N-methyl/N-ethyl adjacent to an activating group) is 1. The molecule has 1 aromatic carbocycles. The van der Waals surface area contributed by atoms with Crippen LogP contribution >= 0.6 is 0 Å². The van der Waals surface area contributed by atoms with E-state index in [-0.39, 0.29) is 24.6 Å². The summed E-state index contributed by atoms with van der Waals surface area (Å²) in [6, 6.07) is 5.65. The molecular formula is C21H32N2O5. The SMILES string of the molecule is Cc1cc(OCC(=O)OCC(=O)N(C)CC(=O)NC(C)(C)C)ccc1C(C)C. The number of ether oxygens (including phenoxy) is 2. The molecule has 7 nitrogen and oxygen atoms in total. The second-order valence-electron chi connectivity index (χ2n) is 8.17. The molecule has 0 atom stereocenters. The molecule has 0 unspecified atom stereocenters. The van der Waals surface area contributed by atoms with Gasteiger partial charge in [-0.3, -0.25) is 9.59 Å². The molecule has 1 rings (SSSR count). The standard InChI is InChI=1S/C21H32N2O5/c1-14(2)17-9-8-16(10-15(17)3)27-13-20(26)28-12-19(25)23(7)11-18(24)22-21(4,5)6/h8-10,14H,11-13H2,1-7H3,(H,22,24). The number of nitrogens with zero attached hydrogens (tertiary/aromatic N) is 1. The van der Waals surface area contributed by atoms with Crippen LogP contribution in [0.15, 0.2) is 18.2 Å². The smallest absolute Gasteiger partial charge is 0.344 e. The number of benzene rings is 1. The minimum atomic E-state index is -0.647. The number of carbonyl (C=O) groups is 3. The number of carbonyl (C=O) groups excluding carboxylic acids is 3. The van der Waals surface area contributed by atoms with E-state index in [0.717, 1.165) is 5.56 Å². The fraction of sp³-hybridized carbons (Fsp3) is 0.571. The summed E-state index contributed by atoms with van der Waals surface area (Å²) in [5.41, 5.74) is 1.93. The zero-order chi connectivity index (χ0) is 21.5. The van der Waals surface area contributed by atoms with E-state index < -0.39 is 18.5 Å². The van der Waals surface area contributed by atoms with Crippen molar-refractivity contribution in [2.75, 3.05) is 26.8 Å². The van der Waals surface area contributed by atoms with Crippen molar-refractivity contribution in [3.8, 4) is 5.75 Å². The number of esters is 1. The van der Waals surface area contributed by atoms with Crippen molar-refractivity contribution in [3.05, 3.63) is 29.3 Å². The summed E-state index contributed by atoms with van der Waals surface area (Å²) < 4.78 is 10.4. The summed E-state index contributed by atoms with van der Waals surface area (Å²) in [5, 5.41) is 2.76. The lowest BCUT2D eigenvalue weighted by molar-refractivity contribution is -0.153. The van der Waals surface area contributed by atoms with E-state index in [4.69, 9.17) is 9.47 Å². The highest BCUT2D eigenvalue weighted by atomic mass is 16.6. The van der Waals surface area contributed by atoms with Gasteiger partial charge in [0, 0.05) is 12.6 Å². The Morgan fingerprint density at radius 2 is 1.79 bits per heavy atom. The van der Waals surface area contributed by atoms with Crippen LogP contribution in [0.3, 0.4) is 0 Å². The number of nitrogens with one attached hydrogen (secondary N) is 1. The van der Waals surface area contributed by atoms with Crippen LogP contribution in [-0.2, 0) is 19.1 Å². The minimum absolute atomic E-state index is 0.106. The van der Waals surface area contributed by atoms with Gasteiger partial charge in [-0.25, -0.2) is 4.79 Å². The molecule has 156 valence electrons. The van der Waals surface area contributed by atoms with Crippen LogP contribution in [-0.4, -0.2) is 55.0 Å². The predicted octanol–water partition coefficient (Wildman–Crippen LogP) is 2.41. The average molecular weight is 392 g/mol. The fourth-order valence-corrected chi connectivity index (χ4v) is 2.58. The number of amides is 2. The fourth-order valence-electron chi connectivity index (χ4n) is 2.58. The van der Waals surface area contributed by atoms with Crippen LogP contribution in [0.1, 0.15) is 51.7 Å². The number of hydrogen-bond acceptors (Lipinski definition) is 5. The number of rotatable bonds is 8. The van der Waals surface area contributed by atoms with Gasteiger partial charge >= 0.3 is 5.97 Å². The first-order chi connectivity index (χ1) is 12.9. The van der Waals surface area contributed by atoms with Gasteiger partial charge in [0.15, 0.2) is 13.2 Å². The first-order valence-electron chi connectivity index (χ1n) is 9.33. The van der Waals surface area contributed by atoms with Gasteiger partial charge in [-0.05, 0) is 56.9 Å². The minimum Gasteiger partial charge on any atom is -0.482 e. The highest BCUT2D eigenvalue weighted by Gasteiger charge is 2.19. The summed E-state index contributed by atoms with van der Waals surface area (Å²) in [6.45, 7) is 10.9. The number of hydrogen-bond donors (Lipinski definition) is 1. The van der Waals surface area contributed by atoms with E-state index in [9.17, 15) is 14.4 Å². The van der Waals surface area contributed by atoms with E-state index in [1.165, 1.54) is 17.5 Å². The molecule has 0 saturated carbocycles. The Hall–Kier alpha value is -2.57. The van der Waals surface area contributed by atoms with Crippen LogP contribution in [0.5, 0.6) is 5.75 Å². The second-order valence-corrected chi connectivity index (χ2v) is 8.17. The molecule has 1 N–H and O–H groups in total. The van der Waals surface area contributed by atoms with Crippen LogP contribution in [0.2, 0.25) is 0 Å². The van der Waals surface area contributed by atoms with Gasteiger partial charge in [0.25, 0.3) is 5.91 Å². The van der Waals surface area contributed by atoms with E-state index in [1.54, 1.807) is 0 Å². The topological polar surface area (TPSA) is 84.9 Å². The van der Waals surface area contributed by atoms with E-state index in [1.807, 2.05) is 45.9 Å². The van der Waals surface area contributed by atoms with Crippen molar-refractivity contribution in [1.82, 2.24) is 10.2 Å². The molecule has 1 aromatic rings. The lowest BCUT2D eigenvalue weighted by Crippen LogP contribution is -2.47. The molecule has 0 saturated heterocycles. The van der Waals surface area contributed by atoms with Crippen molar-refractivity contribution >= 4 is 17.8 Å². The molecule has 0 spiro atoms. The molecule has 0 aromatic heterocycles. The van der Waals surface area contributed by atoms with E-state index >= 15 is 0 Å². The van der Waals surface area contributed by atoms with Crippen molar-refractivity contribution in [2.45, 2.75) is 53.0 Å². The van der Waals surface area contributed by atoms with Crippen LogP contribution in [0, 0.1) is 6.92 Å². The van der Waals surface area contributed by atoms with E-state index in [2.05, 4.69) is 19.2 Å². The van der Waals surface area contributed by atoms with Crippen molar-refractivity contribution in [3.63, 3.8) is 0 Å². The van der Waals surface area contributed by atoms with Gasteiger partial charge in [-0.1, -0.05) is 19.9 Å². The zero-order valence-corrected chi connectivity index (χ0v) is 17.9. The maximum absolute atomic E-state index is 12.0. The first kappa shape index (κ1) is 23.5. The largest absolute Gasteiger partial charge is 0.482 e. The molecule has 0 radical (unpaired) electrons. The first-order valence-corrected chi connectivity index (χ1v) is 9.33. The Bertz CT molecular complexity index is 707. The van der Waals surface area contributed by atoms with Gasteiger partial charge in [-0.2, -0.15) is 0 Å². The summed E-state index contributed by atoms with van der Waals surface area (Å²) in [6.07, 6.45) is 0. The second kappa shape index (κ2) is 10.1. The van der Waals surface area contributed by atoms with Gasteiger partial charge in [0.05, 0.1) is 6.54 Å². The van der Waals surface area contributed by atoms with Gasteiger partial charge in [0.2, 0.25) is 5.91 Å². The van der Waals surface area contributed by atoms with Gasteiger partial charge < -0.3 is 19.7 Å². The highest BCUT2D eigenvalue weighted by molar-refractivity contribution is 5.86. The van der Waals surface area contributed by atoms with E-state index in [0.29, 0.717) is 11.7 Å².